The number of furan rings is 1. The number of carbonyl (C=O) groups is 2. The molecule has 23 heavy (non-hydrogen) atoms. The Morgan fingerprint density at radius 3 is 2.87 bits per heavy atom. The minimum absolute atomic E-state index is 0.0147. The summed E-state index contributed by atoms with van der Waals surface area (Å²) >= 11 is 0. The van der Waals surface area contributed by atoms with Crippen LogP contribution in [0.1, 0.15) is 16.1 Å². The van der Waals surface area contributed by atoms with Gasteiger partial charge in [0.2, 0.25) is 0 Å². The number of carboxylic acid groups (broad SMARTS) is 1. The number of morpholine rings is 1. The summed E-state index contributed by atoms with van der Waals surface area (Å²) < 4.78 is 16.0. The quantitative estimate of drug-likeness (QED) is 0.926. The predicted molar refractivity (Wildman–Crippen MR) is 80.8 cm³/mol. The van der Waals surface area contributed by atoms with Crippen LogP contribution in [0.3, 0.4) is 0 Å². The minimum atomic E-state index is -1.08. The van der Waals surface area contributed by atoms with Crippen molar-refractivity contribution >= 4 is 22.8 Å². The lowest BCUT2D eigenvalue weighted by Crippen LogP contribution is -2.52. The van der Waals surface area contributed by atoms with Crippen molar-refractivity contribution in [3.05, 3.63) is 29.5 Å². The van der Waals surface area contributed by atoms with E-state index in [2.05, 4.69) is 0 Å². The Kier molecular flexibility index (Phi) is 3.96. The molecule has 7 nitrogen and oxygen atoms in total. The molecule has 1 N–H and O–H groups in total. The zero-order chi connectivity index (χ0) is 16.6. The average molecular weight is 319 g/mol. The summed E-state index contributed by atoms with van der Waals surface area (Å²) in [5.41, 5.74) is 0.929. The number of nitrogens with zero attached hydrogens (tertiary/aromatic N) is 1. The van der Waals surface area contributed by atoms with Crippen LogP contribution in [0, 0.1) is 6.92 Å². The van der Waals surface area contributed by atoms with Gasteiger partial charge in [0.05, 0.1) is 25.9 Å². The molecule has 0 aliphatic carbocycles. The van der Waals surface area contributed by atoms with Crippen LogP contribution in [-0.4, -0.2) is 54.8 Å². The SMILES string of the molecule is COc1ccc2oc(C)c(C(=O)N3CCOC[C@H]3C(=O)O)c2c1. The maximum atomic E-state index is 12.9. The molecule has 1 fully saturated rings. The standard InChI is InChI=1S/C16H17NO6/c1-9-14(11-7-10(21-2)3-4-13(11)23-9)15(18)17-5-6-22-8-12(17)16(19)20/h3-4,7,12H,5-6,8H2,1-2H3,(H,19,20)/t12-/m0/s1. The molecule has 0 unspecified atom stereocenters. The van der Waals surface area contributed by atoms with Crippen LogP contribution >= 0.6 is 0 Å². The number of benzene rings is 1. The van der Waals surface area contributed by atoms with Crippen LogP contribution in [0.4, 0.5) is 0 Å². The highest BCUT2D eigenvalue weighted by Gasteiger charge is 2.35. The van der Waals surface area contributed by atoms with E-state index in [0.29, 0.717) is 34.6 Å². The second-order valence-corrected chi connectivity index (χ2v) is 5.32. The Hall–Kier alpha value is -2.54. The third-order valence-corrected chi connectivity index (χ3v) is 3.96. The number of hydrogen-bond acceptors (Lipinski definition) is 5. The normalized spacial score (nSPS) is 18.2. The number of ether oxygens (including phenoxy) is 2. The summed E-state index contributed by atoms with van der Waals surface area (Å²) in [4.78, 5) is 25.6. The van der Waals surface area contributed by atoms with E-state index in [1.807, 2.05) is 0 Å². The third kappa shape index (κ3) is 2.63. The van der Waals surface area contributed by atoms with Gasteiger partial charge in [-0.3, -0.25) is 4.79 Å². The maximum Gasteiger partial charge on any atom is 0.328 e. The van der Waals surface area contributed by atoms with E-state index in [0.717, 1.165) is 0 Å². The second kappa shape index (κ2) is 5.92. The van der Waals surface area contributed by atoms with Crippen molar-refractivity contribution in [2.24, 2.45) is 0 Å². The average Bonchev–Trinajstić information content (AvgIpc) is 2.88. The Morgan fingerprint density at radius 2 is 2.17 bits per heavy atom. The number of aryl methyl sites for hydroxylation is 1. The van der Waals surface area contributed by atoms with E-state index >= 15 is 0 Å². The lowest BCUT2D eigenvalue weighted by molar-refractivity contribution is -0.147. The fraction of sp³-hybridized carbons (Fsp3) is 0.375. The molecule has 0 spiro atoms. The third-order valence-electron chi connectivity index (χ3n) is 3.96. The highest BCUT2D eigenvalue weighted by molar-refractivity contribution is 6.08. The van der Waals surface area contributed by atoms with Gasteiger partial charge in [-0.15, -0.1) is 0 Å². The van der Waals surface area contributed by atoms with Crippen molar-refractivity contribution in [2.75, 3.05) is 26.9 Å². The van der Waals surface area contributed by atoms with Crippen molar-refractivity contribution in [3.63, 3.8) is 0 Å². The number of hydrogen-bond donors (Lipinski definition) is 1. The first kappa shape index (κ1) is 15.4. The van der Waals surface area contributed by atoms with Gasteiger partial charge in [-0.1, -0.05) is 0 Å². The molecule has 0 radical (unpaired) electrons. The highest BCUT2D eigenvalue weighted by atomic mass is 16.5. The zero-order valence-corrected chi connectivity index (χ0v) is 12.9. The molecule has 0 saturated carbocycles. The van der Waals surface area contributed by atoms with Crippen LogP contribution in [0.15, 0.2) is 22.6 Å². The summed E-state index contributed by atoms with van der Waals surface area (Å²) in [6, 6.07) is 4.20. The molecule has 1 aromatic carbocycles. The number of amides is 1. The van der Waals surface area contributed by atoms with Gasteiger partial charge in [0.1, 0.15) is 17.1 Å². The molecule has 122 valence electrons. The summed E-state index contributed by atoms with van der Waals surface area (Å²) in [7, 11) is 1.54. The molecular formula is C16H17NO6. The molecule has 1 aliphatic rings. The molecule has 2 aromatic rings. The van der Waals surface area contributed by atoms with Crippen LogP contribution in [0.25, 0.3) is 11.0 Å². The van der Waals surface area contributed by atoms with Crippen molar-refractivity contribution in [3.8, 4) is 5.75 Å². The lowest BCUT2D eigenvalue weighted by Gasteiger charge is -2.32. The largest absolute Gasteiger partial charge is 0.497 e. The molecule has 0 bridgehead atoms. The van der Waals surface area contributed by atoms with E-state index in [9.17, 15) is 14.7 Å². The number of fused-ring (bicyclic) bond motifs is 1. The summed E-state index contributed by atoms with van der Waals surface area (Å²) in [5, 5.41) is 9.92. The van der Waals surface area contributed by atoms with Gasteiger partial charge >= 0.3 is 5.97 Å². The number of aliphatic carboxylic acids is 1. The maximum absolute atomic E-state index is 12.9. The fourth-order valence-corrected chi connectivity index (χ4v) is 2.79. The van der Waals surface area contributed by atoms with Crippen LogP contribution in [0.5, 0.6) is 5.75 Å². The molecular weight excluding hydrogens is 302 g/mol. The number of rotatable bonds is 3. The number of methoxy groups -OCH3 is 1. The Morgan fingerprint density at radius 1 is 1.39 bits per heavy atom. The Bertz CT molecular complexity index is 765. The predicted octanol–water partition coefficient (Wildman–Crippen LogP) is 1.68. The number of carbonyl (C=O) groups excluding carboxylic acids is 1. The van der Waals surface area contributed by atoms with Gasteiger partial charge in [-0.25, -0.2) is 4.79 Å². The van der Waals surface area contributed by atoms with Gasteiger partial charge in [0.25, 0.3) is 5.91 Å². The van der Waals surface area contributed by atoms with Crippen molar-refractivity contribution in [1.82, 2.24) is 4.90 Å². The van der Waals surface area contributed by atoms with E-state index in [1.54, 1.807) is 25.1 Å². The Balaban J connectivity index is 2.06. The van der Waals surface area contributed by atoms with E-state index in [4.69, 9.17) is 13.9 Å². The van der Waals surface area contributed by atoms with Crippen molar-refractivity contribution in [2.45, 2.75) is 13.0 Å². The van der Waals surface area contributed by atoms with E-state index < -0.39 is 12.0 Å². The van der Waals surface area contributed by atoms with Gasteiger partial charge in [-0.2, -0.15) is 0 Å². The smallest absolute Gasteiger partial charge is 0.328 e. The number of carboxylic acids is 1. The molecule has 1 aliphatic heterocycles. The molecule has 7 heteroatoms. The summed E-state index contributed by atoms with van der Waals surface area (Å²) in [6.07, 6.45) is 0. The summed E-state index contributed by atoms with van der Waals surface area (Å²) in [5.74, 6) is -0.399. The monoisotopic (exact) mass is 319 g/mol. The molecule has 1 saturated heterocycles. The fourth-order valence-electron chi connectivity index (χ4n) is 2.79. The van der Waals surface area contributed by atoms with Crippen LogP contribution < -0.4 is 4.74 Å². The summed E-state index contributed by atoms with van der Waals surface area (Å²) in [6.45, 7) is 2.22. The highest BCUT2D eigenvalue weighted by Crippen LogP contribution is 2.30. The molecule has 2 heterocycles. The van der Waals surface area contributed by atoms with Crippen molar-refractivity contribution < 1.29 is 28.6 Å². The van der Waals surface area contributed by atoms with Crippen LogP contribution in [-0.2, 0) is 9.53 Å². The lowest BCUT2D eigenvalue weighted by atomic mass is 10.1. The van der Waals surface area contributed by atoms with Gasteiger partial charge in [0.15, 0.2) is 6.04 Å². The first-order chi connectivity index (χ1) is 11.0. The zero-order valence-electron chi connectivity index (χ0n) is 12.9. The first-order valence-electron chi connectivity index (χ1n) is 7.21. The molecule has 1 atom stereocenters. The topological polar surface area (TPSA) is 89.2 Å². The van der Waals surface area contributed by atoms with E-state index in [-0.39, 0.29) is 19.1 Å². The second-order valence-electron chi connectivity index (χ2n) is 5.32. The first-order valence-corrected chi connectivity index (χ1v) is 7.21. The Labute approximate surface area is 132 Å². The van der Waals surface area contributed by atoms with Crippen molar-refractivity contribution in [1.29, 1.82) is 0 Å². The van der Waals surface area contributed by atoms with E-state index in [1.165, 1.54) is 12.0 Å². The molecule has 1 amide bonds. The van der Waals surface area contributed by atoms with Gasteiger partial charge < -0.3 is 23.9 Å². The molecule has 3 rings (SSSR count). The van der Waals surface area contributed by atoms with Gasteiger partial charge in [-0.05, 0) is 25.1 Å². The molecule has 1 aromatic heterocycles. The van der Waals surface area contributed by atoms with Gasteiger partial charge in [0, 0.05) is 11.9 Å². The minimum Gasteiger partial charge on any atom is -0.497 e. The van der Waals surface area contributed by atoms with Crippen LogP contribution in [0.2, 0.25) is 0 Å².